The van der Waals surface area contributed by atoms with Gasteiger partial charge in [0, 0.05) is 4.47 Å². The maximum atomic E-state index is 12.5. The zero-order valence-corrected chi connectivity index (χ0v) is 15.2. The highest BCUT2D eigenvalue weighted by molar-refractivity contribution is 9.11. The number of hydrogen-bond donors (Lipinski definition) is 1. The normalized spacial score (nSPS) is 11.4. The Morgan fingerprint density at radius 2 is 1.87 bits per heavy atom. The van der Waals surface area contributed by atoms with Crippen LogP contribution in [0.2, 0.25) is 0 Å². The number of hydrogen-bond acceptors (Lipinski definition) is 4. The number of rotatable bonds is 2. The first-order chi connectivity index (χ1) is 11.0. The molecule has 0 amide bonds. The van der Waals surface area contributed by atoms with Gasteiger partial charge in [0.25, 0.3) is 5.56 Å². The summed E-state index contributed by atoms with van der Waals surface area (Å²) in [6.07, 6.45) is 1.43. The van der Waals surface area contributed by atoms with Gasteiger partial charge in [-0.15, -0.1) is 0 Å². The van der Waals surface area contributed by atoms with Crippen molar-refractivity contribution in [2.24, 2.45) is 5.10 Å². The third-order valence-corrected chi connectivity index (χ3v) is 4.66. The number of nitrogens with zero attached hydrogens (tertiary/aromatic N) is 3. The van der Waals surface area contributed by atoms with Crippen LogP contribution in [0.5, 0.6) is 5.75 Å². The number of para-hydroxylation sites is 1. The van der Waals surface area contributed by atoms with Crippen molar-refractivity contribution in [2.75, 3.05) is 0 Å². The van der Waals surface area contributed by atoms with E-state index in [1.54, 1.807) is 37.3 Å². The molecule has 0 fully saturated rings. The van der Waals surface area contributed by atoms with Gasteiger partial charge in [0.1, 0.15) is 11.6 Å². The molecular formula is C16H11Br2N3O2. The van der Waals surface area contributed by atoms with Crippen LogP contribution in [0.4, 0.5) is 0 Å². The fraction of sp³-hybridized carbons (Fsp3) is 0.0625. The fourth-order valence-electron chi connectivity index (χ4n) is 2.17. The second kappa shape index (κ2) is 6.25. The summed E-state index contributed by atoms with van der Waals surface area (Å²) in [5, 5.41) is 14.8. The highest BCUT2D eigenvalue weighted by Gasteiger charge is 2.09. The van der Waals surface area contributed by atoms with Gasteiger partial charge >= 0.3 is 0 Å². The van der Waals surface area contributed by atoms with Crippen LogP contribution in [0, 0.1) is 6.92 Å². The van der Waals surface area contributed by atoms with Gasteiger partial charge in [0.15, 0.2) is 0 Å². The SMILES string of the molecule is Cc1nc2ccccc2c(=O)n1N=Cc1c(Br)ccc(Br)c1O. The molecule has 116 valence electrons. The molecule has 0 saturated carbocycles. The summed E-state index contributed by atoms with van der Waals surface area (Å²) >= 11 is 6.61. The molecule has 5 nitrogen and oxygen atoms in total. The van der Waals surface area contributed by atoms with Gasteiger partial charge in [0.2, 0.25) is 0 Å². The first kappa shape index (κ1) is 15.9. The van der Waals surface area contributed by atoms with Gasteiger partial charge in [-0.25, -0.2) is 4.98 Å². The average Bonchev–Trinajstić information content (AvgIpc) is 2.53. The summed E-state index contributed by atoms with van der Waals surface area (Å²) in [6, 6.07) is 10.6. The van der Waals surface area contributed by atoms with Crippen LogP contribution in [0.3, 0.4) is 0 Å². The molecule has 3 aromatic rings. The molecule has 0 bridgehead atoms. The van der Waals surface area contributed by atoms with Crippen molar-refractivity contribution < 1.29 is 5.11 Å². The van der Waals surface area contributed by atoms with E-state index in [0.717, 1.165) is 0 Å². The topological polar surface area (TPSA) is 67.5 Å². The Kier molecular flexibility index (Phi) is 4.32. The van der Waals surface area contributed by atoms with E-state index in [4.69, 9.17) is 0 Å². The van der Waals surface area contributed by atoms with Crippen molar-refractivity contribution in [2.45, 2.75) is 6.92 Å². The molecule has 2 aromatic carbocycles. The predicted molar refractivity (Wildman–Crippen MR) is 97.2 cm³/mol. The van der Waals surface area contributed by atoms with Crippen LogP contribution in [0.25, 0.3) is 10.9 Å². The molecule has 1 N–H and O–H groups in total. The Labute approximate surface area is 148 Å². The molecule has 0 spiro atoms. The first-order valence-electron chi connectivity index (χ1n) is 6.69. The Hall–Kier alpha value is -1.99. The van der Waals surface area contributed by atoms with Crippen molar-refractivity contribution in [1.29, 1.82) is 0 Å². The number of fused-ring (bicyclic) bond motifs is 1. The summed E-state index contributed by atoms with van der Waals surface area (Å²) in [7, 11) is 0. The number of aryl methyl sites for hydroxylation is 1. The predicted octanol–water partition coefficient (Wildman–Crippen LogP) is 3.82. The Balaban J connectivity index is 2.16. The lowest BCUT2D eigenvalue weighted by atomic mass is 10.2. The monoisotopic (exact) mass is 435 g/mol. The Bertz CT molecular complexity index is 997. The Morgan fingerprint density at radius 1 is 1.17 bits per heavy atom. The van der Waals surface area contributed by atoms with Crippen LogP contribution in [0.15, 0.2) is 55.2 Å². The molecule has 0 saturated heterocycles. The number of aromatic hydroxyl groups is 1. The zero-order valence-electron chi connectivity index (χ0n) is 12.0. The van der Waals surface area contributed by atoms with Gasteiger partial charge in [0.05, 0.1) is 27.2 Å². The maximum absolute atomic E-state index is 12.5. The maximum Gasteiger partial charge on any atom is 0.282 e. The largest absolute Gasteiger partial charge is 0.506 e. The molecule has 0 aliphatic heterocycles. The quantitative estimate of drug-likeness (QED) is 0.621. The van der Waals surface area contributed by atoms with Crippen molar-refractivity contribution in [1.82, 2.24) is 9.66 Å². The number of phenolic OH excluding ortho intramolecular Hbond substituents is 1. The Morgan fingerprint density at radius 3 is 2.65 bits per heavy atom. The molecule has 7 heteroatoms. The minimum absolute atomic E-state index is 0.0441. The van der Waals surface area contributed by atoms with Crippen molar-refractivity contribution in [3.63, 3.8) is 0 Å². The van der Waals surface area contributed by atoms with E-state index in [2.05, 4.69) is 41.9 Å². The second-order valence-corrected chi connectivity index (χ2v) is 6.54. The van der Waals surface area contributed by atoms with Gasteiger partial charge < -0.3 is 5.11 Å². The van der Waals surface area contributed by atoms with Crippen LogP contribution in [-0.4, -0.2) is 21.0 Å². The van der Waals surface area contributed by atoms with E-state index in [0.29, 0.717) is 31.2 Å². The molecule has 0 unspecified atom stereocenters. The zero-order chi connectivity index (χ0) is 16.6. The molecule has 23 heavy (non-hydrogen) atoms. The van der Waals surface area contributed by atoms with E-state index < -0.39 is 0 Å². The van der Waals surface area contributed by atoms with Crippen molar-refractivity contribution >= 4 is 49.0 Å². The molecule has 1 heterocycles. The lowest BCUT2D eigenvalue weighted by Crippen LogP contribution is -2.20. The van der Waals surface area contributed by atoms with Crippen LogP contribution in [-0.2, 0) is 0 Å². The summed E-state index contributed by atoms with van der Waals surface area (Å²) in [5.41, 5.74) is 0.849. The minimum Gasteiger partial charge on any atom is -0.506 e. The fourth-order valence-corrected chi connectivity index (χ4v) is 2.93. The molecule has 1 aromatic heterocycles. The smallest absolute Gasteiger partial charge is 0.282 e. The molecule has 0 atom stereocenters. The third-order valence-electron chi connectivity index (χ3n) is 3.33. The van der Waals surface area contributed by atoms with E-state index >= 15 is 0 Å². The highest BCUT2D eigenvalue weighted by atomic mass is 79.9. The van der Waals surface area contributed by atoms with Crippen molar-refractivity contribution in [3.8, 4) is 5.75 Å². The number of phenols is 1. The molecule has 0 aliphatic rings. The summed E-state index contributed by atoms with van der Waals surface area (Å²) in [6.45, 7) is 1.71. The molecule has 0 radical (unpaired) electrons. The second-order valence-electron chi connectivity index (χ2n) is 4.83. The highest BCUT2D eigenvalue weighted by Crippen LogP contribution is 2.31. The lowest BCUT2D eigenvalue weighted by Gasteiger charge is -2.07. The van der Waals surface area contributed by atoms with Crippen LogP contribution < -0.4 is 5.56 Å². The summed E-state index contributed by atoms with van der Waals surface area (Å²) < 4.78 is 2.43. The van der Waals surface area contributed by atoms with E-state index in [1.165, 1.54) is 10.9 Å². The number of aromatic nitrogens is 2. The minimum atomic E-state index is -0.255. The third kappa shape index (κ3) is 2.94. The van der Waals surface area contributed by atoms with Gasteiger partial charge in [-0.1, -0.05) is 12.1 Å². The van der Waals surface area contributed by atoms with Crippen LogP contribution in [0.1, 0.15) is 11.4 Å². The van der Waals surface area contributed by atoms with Gasteiger partial charge in [-0.3, -0.25) is 4.79 Å². The van der Waals surface area contributed by atoms with Gasteiger partial charge in [-0.2, -0.15) is 9.78 Å². The molecule has 0 aliphatic carbocycles. The number of benzene rings is 2. The van der Waals surface area contributed by atoms with E-state index in [-0.39, 0.29) is 11.3 Å². The van der Waals surface area contributed by atoms with Gasteiger partial charge in [-0.05, 0) is 63.0 Å². The summed E-state index contributed by atoms with van der Waals surface area (Å²) in [4.78, 5) is 16.9. The van der Waals surface area contributed by atoms with Crippen LogP contribution >= 0.6 is 31.9 Å². The summed E-state index contributed by atoms with van der Waals surface area (Å²) in [5.74, 6) is 0.512. The lowest BCUT2D eigenvalue weighted by molar-refractivity contribution is 0.470. The van der Waals surface area contributed by atoms with E-state index in [1.807, 2.05) is 6.07 Å². The van der Waals surface area contributed by atoms with Crippen molar-refractivity contribution in [3.05, 3.63) is 67.1 Å². The molecular weight excluding hydrogens is 426 g/mol. The standard InChI is InChI=1S/C16H11Br2N3O2/c1-9-20-14-5-3-2-4-10(14)16(23)21(9)19-8-11-12(17)6-7-13(18)15(11)22/h2-8,22H,1H3. The molecule has 3 rings (SSSR count). The average molecular weight is 437 g/mol. The number of halogens is 2. The first-order valence-corrected chi connectivity index (χ1v) is 8.27. The van der Waals surface area contributed by atoms with E-state index in [9.17, 15) is 9.90 Å².